The van der Waals surface area contributed by atoms with E-state index in [-0.39, 0.29) is 29.4 Å². The van der Waals surface area contributed by atoms with Crippen LogP contribution in [0.2, 0.25) is 0 Å². The molecule has 1 fully saturated rings. The number of hydrogen-bond acceptors (Lipinski definition) is 8. The number of halogens is 1. The molecule has 1 saturated heterocycles. The van der Waals surface area contributed by atoms with Gasteiger partial charge in [-0.15, -0.1) is 20.4 Å². The van der Waals surface area contributed by atoms with Gasteiger partial charge in [-0.25, -0.2) is 14.4 Å². The van der Waals surface area contributed by atoms with Gasteiger partial charge in [-0.05, 0) is 43.2 Å². The molecule has 2 amide bonds. The number of likely N-dealkylation sites (tertiary alicyclic amines) is 1. The molecule has 2 aromatic heterocycles. The first kappa shape index (κ1) is 22.3. The van der Waals surface area contributed by atoms with Crippen molar-refractivity contribution >= 4 is 11.8 Å². The molecule has 170 valence electrons. The van der Waals surface area contributed by atoms with E-state index in [2.05, 4.69) is 30.4 Å². The van der Waals surface area contributed by atoms with Gasteiger partial charge >= 0.3 is 0 Å². The van der Waals surface area contributed by atoms with Crippen LogP contribution in [-0.2, 0) is 11.2 Å². The Morgan fingerprint density at radius 2 is 1.64 bits per heavy atom. The normalized spacial score (nSPS) is 14.2. The Kier molecular flexibility index (Phi) is 6.86. The summed E-state index contributed by atoms with van der Waals surface area (Å²) < 4.78 is 13.1. The molecule has 1 aliphatic rings. The molecule has 0 bridgehead atoms. The Hall–Kier alpha value is -3.89. The summed E-state index contributed by atoms with van der Waals surface area (Å²) in [4.78, 5) is 36.9. The molecule has 0 spiro atoms. The summed E-state index contributed by atoms with van der Waals surface area (Å²) in [6.07, 6.45) is 4.76. The Labute approximate surface area is 189 Å². The molecule has 4 rings (SSSR count). The van der Waals surface area contributed by atoms with Crippen molar-refractivity contribution in [2.24, 2.45) is 5.92 Å². The van der Waals surface area contributed by atoms with Gasteiger partial charge in [-0.2, -0.15) is 0 Å². The molecule has 0 radical (unpaired) electrons. The van der Waals surface area contributed by atoms with Crippen LogP contribution in [-0.4, -0.2) is 78.7 Å². The van der Waals surface area contributed by atoms with Crippen molar-refractivity contribution in [3.63, 3.8) is 0 Å². The van der Waals surface area contributed by atoms with Crippen LogP contribution in [0.25, 0.3) is 11.6 Å². The number of benzene rings is 1. The van der Waals surface area contributed by atoms with Gasteiger partial charge in [0.25, 0.3) is 5.91 Å². The second kappa shape index (κ2) is 10.2. The minimum absolute atomic E-state index is 0.0269. The van der Waals surface area contributed by atoms with E-state index in [4.69, 9.17) is 0 Å². The zero-order valence-electron chi connectivity index (χ0n) is 18.1. The molecule has 10 nitrogen and oxygen atoms in total. The summed E-state index contributed by atoms with van der Waals surface area (Å²) in [6, 6.07) is 7.20. The predicted octanol–water partition coefficient (Wildman–Crippen LogP) is 1.42. The maximum absolute atomic E-state index is 13.1. The highest BCUT2D eigenvalue weighted by Crippen LogP contribution is 2.21. The molecular formula is C22H23FN8O2. The SMILES string of the molecule is CN(CCc1nnc(-c2ncccn2)nn1)C(=O)C1CCN(C(=O)c2ccc(F)cc2)CC1. The molecule has 0 saturated carbocycles. The van der Waals surface area contributed by atoms with E-state index in [9.17, 15) is 14.0 Å². The van der Waals surface area contributed by atoms with Crippen molar-refractivity contribution in [2.45, 2.75) is 19.3 Å². The van der Waals surface area contributed by atoms with E-state index in [1.54, 1.807) is 35.3 Å². The van der Waals surface area contributed by atoms with Crippen LogP contribution >= 0.6 is 0 Å². The van der Waals surface area contributed by atoms with E-state index >= 15 is 0 Å². The van der Waals surface area contributed by atoms with Crippen molar-refractivity contribution in [1.82, 2.24) is 40.2 Å². The Bertz CT molecular complexity index is 1090. The smallest absolute Gasteiger partial charge is 0.253 e. The van der Waals surface area contributed by atoms with Crippen LogP contribution in [0.4, 0.5) is 4.39 Å². The van der Waals surface area contributed by atoms with Gasteiger partial charge in [0, 0.05) is 57.0 Å². The molecular weight excluding hydrogens is 427 g/mol. The lowest BCUT2D eigenvalue weighted by Gasteiger charge is -2.33. The molecule has 0 atom stereocenters. The fourth-order valence-corrected chi connectivity index (χ4v) is 3.65. The van der Waals surface area contributed by atoms with Crippen molar-refractivity contribution in [3.8, 4) is 11.6 Å². The number of amides is 2. The highest BCUT2D eigenvalue weighted by Gasteiger charge is 2.29. The summed E-state index contributed by atoms with van der Waals surface area (Å²) in [5.41, 5.74) is 0.449. The first-order chi connectivity index (χ1) is 16.0. The van der Waals surface area contributed by atoms with Crippen LogP contribution in [0.3, 0.4) is 0 Å². The van der Waals surface area contributed by atoms with Crippen molar-refractivity contribution < 1.29 is 14.0 Å². The number of aromatic nitrogens is 6. The summed E-state index contributed by atoms with van der Waals surface area (Å²) in [5, 5.41) is 16.1. The van der Waals surface area contributed by atoms with E-state index in [0.717, 1.165) is 0 Å². The summed E-state index contributed by atoms with van der Waals surface area (Å²) >= 11 is 0. The number of nitrogens with zero attached hydrogens (tertiary/aromatic N) is 8. The predicted molar refractivity (Wildman–Crippen MR) is 115 cm³/mol. The first-order valence-corrected chi connectivity index (χ1v) is 10.6. The summed E-state index contributed by atoms with van der Waals surface area (Å²) in [6.45, 7) is 1.40. The van der Waals surface area contributed by atoms with E-state index in [1.165, 1.54) is 24.3 Å². The highest BCUT2D eigenvalue weighted by molar-refractivity contribution is 5.94. The van der Waals surface area contributed by atoms with E-state index < -0.39 is 0 Å². The zero-order valence-corrected chi connectivity index (χ0v) is 18.1. The maximum Gasteiger partial charge on any atom is 0.253 e. The van der Waals surface area contributed by atoms with Gasteiger partial charge < -0.3 is 9.80 Å². The topological polar surface area (TPSA) is 118 Å². The number of likely N-dealkylation sites (N-methyl/N-ethyl adjacent to an activating group) is 1. The largest absolute Gasteiger partial charge is 0.345 e. The molecule has 1 aliphatic heterocycles. The van der Waals surface area contributed by atoms with Crippen LogP contribution in [0, 0.1) is 11.7 Å². The Balaban J connectivity index is 1.25. The van der Waals surface area contributed by atoms with Gasteiger partial charge in [-0.1, -0.05) is 0 Å². The lowest BCUT2D eigenvalue weighted by molar-refractivity contribution is -0.135. The fraction of sp³-hybridized carbons (Fsp3) is 0.364. The minimum Gasteiger partial charge on any atom is -0.345 e. The van der Waals surface area contributed by atoms with Gasteiger partial charge in [0.05, 0.1) is 0 Å². The number of rotatable bonds is 6. The number of hydrogen-bond donors (Lipinski definition) is 0. The third-order valence-electron chi connectivity index (χ3n) is 5.56. The average molecular weight is 450 g/mol. The zero-order chi connectivity index (χ0) is 23.2. The minimum atomic E-state index is -0.378. The van der Waals surface area contributed by atoms with Crippen LogP contribution in [0.5, 0.6) is 0 Å². The second-order valence-electron chi connectivity index (χ2n) is 7.80. The molecule has 3 heterocycles. The summed E-state index contributed by atoms with van der Waals surface area (Å²) in [7, 11) is 1.74. The van der Waals surface area contributed by atoms with Crippen LogP contribution in [0.15, 0.2) is 42.7 Å². The molecule has 1 aromatic carbocycles. The quantitative estimate of drug-likeness (QED) is 0.553. The molecule has 0 aliphatic carbocycles. The third-order valence-corrected chi connectivity index (χ3v) is 5.56. The molecule has 33 heavy (non-hydrogen) atoms. The second-order valence-corrected chi connectivity index (χ2v) is 7.80. The molecule has 0 N–H and O–H groups in total. The van der Waals surface area contributed by atoms with Gasteiger partial charge in [-0.3, -0.25) is 9.59 Å². The maximum atomic E-state index is 13.1. The van der Waals surface area contributed by atoms with Crippen LogP contribution < -0.4 is 0 Å². The third kappa shape index (κ3) is 5.48. The highest BCUT2D eigenvalue weighted by atomic mass is 19.1. The molecule has 0 unspecified atom stereocenters. The van der Waals surface area contributed by atoms with Crippen LogP contribution in [0.1, 0.15) is 29.0 Å². The molecule has 3 aromatic rings. The fourth-order valence-electron chi connectivity index (χ4n) is 3.65. The Morgan fingerprint density at radius 3 is 2.27 bits per heavy atom. The summed E-state index contributed by atoms with van der Waals surface area (Å²) in [5.74, 6) is 0.370. The van der Waals surface area contributed by atoms with E-state index in [1.807, 2.05) is 0 Å². The number of carbonyl (C=O) groups excluding carboxylic acids is 2. The van der Waals surface area contributed by atoms with Crippen molar-refractivity contribution in [3.05, 3.63) is 59.9 Å². The van der Waals surface area contributed by atoms with Crippen molar-refractivity contribution in [2.75, 3.05) is 26.7 Å². The van der Waals surface area contributed by atoms with Crippen molar-refractivity contribution in [1.29, 1.82) is 0 Å². The monoisotopic (exact) mass is 450 g/mol. The standard InChI is InChI=1S/C22H23FN8O2/c1-30(12-9-18-26-28-20(29-27-18)19-24-10-2-11-25-19)21(32)16-7-13-31(14-8-16)22(33)15-3-5-17(23)6-4-15/h2-6,10-11,16H,7-9,12-14H2,1H3. The number of carbonyl (C=O) groups is 2. The van der Waals surface area contributed by atoms with Gasteiger partial charge in [0.1, 0.15) is 5.82 Å². The molecule has 11 heteroatoms. The number of piperidine rings is 1. The average Bonchev–Trinajstić information content (AvgIpc) is 2.88. The first-order valence-electron chi connectivity index (χ1n) is 10.6. The van der Waals surface area contributed by atoms with Gasteiger partial charge in [0.15, 0.2) is 5.82 Å². The van der Waals surface area contributed by atoms with Gasteiger partial charge in [0.2, 0.25) is 17.6 Å². The lowest BCUT2D eigenvalue weighted by Crippen LogP contribution is -2.43. The van der Waals surface area contributed by atoms with E-state index in [0.29, 0.717) is 56.1 Å². The Morgan fingerprint density at radius 1 is 1.00 bits per heavy atom. The lowest BCUT2D eigenvalue weighted by atomic mass is 9.95.